The molecule has 1 amide bonds. The molecule has 2 aromatic heterocycles. The smallest absolute Gasteiger partial charge is 0.343 e. The highest BCUT2D eigenvalue weighted by molar-refractivity contribution is 5.91. The van der Waals surface area contributed by atoms with Gasteiger partial charge in [0.1, 0.15) is 17.3 Å². The maximum absolute atomic E-state index is 12.7. The molecule has 12 nitrogen and oxygen atoms in total. The number of carbonyl (C=O) groups excluding carboxylic acids is 3. The van der Waals surface area contributed by atoms with E-state index in [9.17, 15) is 19.2 Å². The number of aromatic hydroxyl groups is 1. The lowest BCUT2D eigenvalue weighted by atomic mass is 9.62. The van der Waals surface area contributed by atoms with Crippen LogP contribution in [0.2, 0.25) is 0 Å². The van der Waals surface area contributed by atoms with E-state index in [4.69, 9.17) is 14.9 Å². The zero-order valence-electron chi connectivity index (χ0n) is 49.8. The van der Waals surface area contributed by atoms with Crippen LogP contribution in [0.15, 0.2) is 158 Å². The Bertz CT molecular complexity index is 3570. The number of carboxylic acids is 1. The molecule has 0 spiro atoms. The van der Waals surface area contributed by atoms with E-state index in [-0.39, 0.29) is 39.1 Å². The molecule has 2 aliphatic rings. The van der Waals surface area contributed by atoms with Crippen molar-refractivity contribution in [2.75, 3.05) is 5.32 Å². The summed E-state index contributed by atoms with van der Waals surface area (Å²) in [5.41, 5.74) is 16.1. The van der Waals surface area contributed by atoms with Crippen molar-refractivity contribution in [3.05, 3.63) is 231 Å². The summed E-state index contributed by atoms with van der Waals surface area (Å²) in [6, 6.07) is 41.6. The number of fused-ring (bicyclic) bond motifs is 2. The predicted molar refractivity (Wildman–Crippen MR) is 330 cm³/mol. The molecular formula is C71H79N5O7. The Labute approximate surface area is 489 Å². The van der Waals surface area contributed by atoms with Gasteiger partial charge in [0.2, 0.25) is 5.91 Å². The van der Waals surface area contributed by atoms with Crippen molar-refractivity contribution in [3.8, 4) is 11.5 Å². The summed E-state index contributed by atoms with van der Waals surface area (Å²) in [6.45, 7) is 23.3. The van der Waals surface area contributed by atoms with Crippen LogP contribution >= 0.6 is 0 Å². The first-order chi connectivity index (χ1) is 39.3. The molecule has 10 rings (SSSR count). The Morgan fingerprint density at radius 2 is 1.05 bits per heavy atom. The molecule has 430 valence electrons. The van der Waals surface area contributed by atoms with Crippen LogP contribution in [0.25, 0.3) is 12.2 Å². The Kier molecular flexibility index (Phi) is 18.7. The number of rotatable bonds is 15. The minimum Gasteiger partial charge on any atom is -0.508 e. The van der Waals surface area contributed by atoms with Crippen LogP contribution in [-0.2, 0) is 63.6 Å². The molecular weight excluding hydrogens is 1030 g/mol. The number of phenols is 1. The molecule has 8 aromatic rings. The Morgan fingerprint density at radius 1 is 0.566 bits per heavy atom. The molecule has 12 heteroatoms. The second-order valence-electron chi connectivity index (χ2n) is 24.8. The summed E-state index contributed by atoms with van der Waals surface area (Å²) in [5.74, 6) is -0.671. The molecule has 3 N–H and O–H groups in total. The molecule has 0 radical (unpaired) electrons. The second kappa shape index (κ2) is 25.7. The van der Waals surface area contributed by atoms with Crippen LogP contribution in [0.3, 0.4) is 0 Å². The number of hydrogen-bond acceptors (Lipinski definition) is 8. The fourth-order valence-corrected chi connectivity index (χ4v) is 11.1. The number of aromatic carboxylic acids is 1. The third kappa shape index (κ3) is 15.9. The van der Waals surface area contributed by atoms with E-state index in [1.807, 2.05) is 70.5 Å². The quantitative estimate of drug-likeness (QED) is 0.0392. The lowest BCUT2D eigenvalue weighted by Gasteiger charge is -2.42. The van der Waals surface area contributed by atoms with Crippen LogP contribution in [0.5, 0.6) is 11.5 Å². The normalized spacial score (nSPS) is 15.1. The third-order valence-electron chi connectivity index (χ3n) is 16.3. The van der Waals surface area contributed by atoms with Crippen molar-refractivity contribution in [2.24, 2.45) is 0 Å². The average Bonchev–Trinajstić information content (AvgIpc) is 4.29. The standard InChI is InChI=1S/C36H38N2O3.C27H32N2O2.C8H9NO2/c1-25(39)21-27-10-15-31(16-11-27)41-34(40)28-12-7-26(8-13-28)9-14-29-22-32-33(36(4,5)18-17-35(32,2)3)23-30(29)24-38-20-6-19-37-38;1-26(2)12-13-27(3,4)24-17-22(18-29-15-5-14-28-29)21(16-23(24)26)11-8-19-6-9-20(10-7-19)25(30)31;1-6(10)9-7-2-4-8(11)5-3-7/h6-16,19-20,22-23H,17-18,21,24H2,1-5H3;5-7,9-10,14-17H,8,11-13,18H2,1-4H3,(H,30,31);2-5,11H,1H3,(H,9,10)/b14-9+;;. The molecule has 0 fully saturated rings. The molecule has 0 aliphatic heterocycles. The number of hydrogen-bond donors (Lipinski definition) is 3. The van der Waals surface area contributed by atoms with Gasteiger partial charge in [-0.05, 0) is 201 Å². The maximum atomic E-state index is 12.7. The van der Waals surface area contributed by atoms with Gasteiger partial charge in [0.05, 0.1) is 24.2 Å². The van der Waals surface area contributed by atoms with Crippen LogP contribution in [0, 0.1) is 0 Å². The number of phenolic OH excluding ortho intramolecular Hbond substituents is 1. The number of aromatic nitrogens is 4. The molecule has 6 aromatic carbocycles. The average molecular weight is 1110 g/mol. The van der Waals surface area contributed by atoms with Gasteiger partial charge in [-0.3, -0.25) is 19.0 Å². The lowest BCUT2D eigenvalue weighted by Crippen LogP contribution is -2.34. The van der Waals surface area contributed by atoms with E-state index in [0.717, 1.165) is 42.5 Å². The van der Waals surface area contributed by atoms with Crippen LogP contribution < -0.4 is 10.1 Å². The Morgan fingerprint density at radius 3 is 1.54 bits per heavy atom. The number of Topliss-reactive ketones (excluding diaryl/α,β-unsaturated/α-hetero) is 1. The SMILES string of the molecule is CC(=O)Cc1ccc(OC(=O)c2ccc(/C=C/c3cc4c(cc3Cn3cccn3)C(C)(C)CCC4(C)C)cc2)cc1.CC(=O)Nc1ccc(O)cc1.CC1(C)CCC(C)(C)c2cc(Cn3cccn3)c(CCc3ccc(C(=O)O)cc3)cc21. The molecule has 83 heavy (non-hydrogen) atoms. The number of anilines is 1. The highest BCUT2D eigenvalue weighted by Gasteiger charge is 2.39. The van der Waals surface area contributed by atoms with Gasteiger partial charge in [-0.2, -0.15) is 10.2 Å². The molecule has 2 heterocycles. The minimum atomic E-state index is -0.882. The van der Waals surface area contributed by atoms with E-state index < -0.39 is 11.9 Å². The van der Waals surface area contributed by atoms with Gasteiger partial charge in [0.15, 0.2) is 0 Å². The Balaban J connectivity index is 0.000000188. The van der Waals surface area contributed by atoms with E-state index in [1.54, 1.807) is 67.6 Å². The molecule has 2 aliphatic carbocycles. The monoisotopic (exact) mass is 1110 g/mol. The number of nitrogens with one attached hydrogen (secondary N) is 1. The summed E-state index contributed by atoms with van der Waals surface area (Å²) < 4.78 is 9.50. The van der Waals surface area contributed by atoms with Crippen molar-refractivity contribution in [3.63, 3.8) is 0 Å². The van der Waals surface area contributed by atoms with E-state index >= 15 is 0 Å². The number of esters is 1. The minimum absolute atomic E-state index is 0.0948. The fraction of sp³-hybridized carbons (Fsp3) is 0.324. The van der Waals surface area contributed by atoms with Crippen LogP contribution in [-0.4, -0.2) is 53.4 Å². The zero-order chi connectivity index (χ0) is 59.7. The second-order valence-corrected chi connectivity index (χ2v) is 24.8. The Hall–Kier alpha value is -8.64. The number of carboxylic acid groups (broad SMARTS) is 1. The number of benzene rings is 6. The highest BCUT2D eigenvalue weighted by atomic mass is 16.5. The lowest BCUT2D eigenvalue weighted by molar-refractivity contribution is -0.116. The van der Waals surface area contributed by atoms with Crippen LogP contribution in [0.1, 0.15) is 177 Å². The molecule has 0 saturated heterocycles. The van der Waals surface area contributed by atoms with Gasteiger partial charge >= 0.3 is 11.9 Å². The maximum Gasteiger partial charge on any atom is 0.343 e. The molecule has 0 atom stereocenters. The van der Waals surface area contributed by atoms with Gasteiger partial charge in [0.25, 0.3) is 0 Å². The molecule has 0 saturated carbocycles. The van der Waals surface area contributed by atoms with E-state index in [0.29, 0.717) is 35.5 Å². The molecule has 0 unspecified atom stereocenters. The number of ether oxygens (including phenoxy) is 1. The first kappa shape index (κ1) is 60.5. The van der Waals surface area contributed by atoms with Gasteiger partial charge in [-0.25, -0.2) is 9.59 Å². The third-order valence-corrected chi connectivity index (χ3v) is 16.3. The summed E-state index contributed by atoms with van der Waals surface area (Å²) >= 11 is 0. The van der Waals surface area contributed by atoms with E-state index in [1.165, 1.54) is 82.8 Å². The zero-order valence-corrected chi connectivity index (χ0v) is 49.8. The highest BCUT2D eigenvalue weighted by Crippen LogP contribution is 2.48. The van der Waals surface area contributed by atoms with E-state index in [2.05, 4.69) is 107 Å². The first-order valence-corrected chi connectivity index (χ1v) is 28.6. The van der Waals surface area contributed by atoms with Crippen LogP contribution in [0.4, 0.5) is 5.69 Å². The van der Waals surface area contributed by atoms with Gasteiger partial charge in [-0.1, -0.05) is 128 Å². The number of ketones is 1. The van der Waals surface area contributed by atoms with Gasteiger partial charge < -0.3 is 20.3 Å². The predicted octanol–water partition coefficient (Wildman–Crippen LogP) is 14.9. The topological polar surface area (TPSA) is 166 Å². The largest absolute Gasteiger partial charge is 0.508 e. The van der Waals surface area contributed by atoms with Gasteiger partial charge in [0, 0.05) is 43.8 Å². The number of amides is 1. The summed E-state index contributed by atoms with van der Waals surface area (Å²) in [4.78, 5) is 45.7. The van der Waals surface area contributed by atoms with Crippen molar-refractivity contribution in [1.29, 1.82) is 0 Å². The fourth-order valence-electron chi connectivity index (χ4n) is 11.1. The van der Waals surface area contributed by atoms with Crippen molar-refractivity contribution >= 4 is 41.5 Å². The van der Waals surface area contributed by atoms with Crippen molar-refractivity contribution < 1.29 is 34.1 Å². The van der Waals surface area contributed by atoms with Gasteiger partial charge in [-0.15, -0.1) is 0 Å². The van der Waals surface area contributed by atoms with Crippen molar-refractivity contribution in [1.82, 2.24) is 19.6 Å². The number of carbonyl (C=O) groups is 4. The van der Waals surface area contributed by atoms with Crippen molar-refractivity contribution in [2.45, 2.75) is 149 Å². The number of nitrogens with zero attached hydrogens (tertiary/aromatic N) is 4. The summed E-state index contributed by atoms with van der Waals surface area (Å²) in [7, 11) is 0. The summed E-state index contributed by atoms with van der Waals surface area (Å²) in [6.07, 6.45) is 18.8. The first-order valence-electron chi connectivity index (χ1n) is 28.6. The molecule has 0 bridgehead atoms. The number of aryl methyl sites for hydroxylation is 2. The summed E-state index contributed by atoms with van der Waals surface area (Å²) in [5, 5.41) is 29.5.